The lowest BCUT2D eigenvalue weighted by Gasteiger charge is -2.32. The molecule has 0 aromatic heterocycles. The first kappa shape index (κ1) is 11.0. The maximum Gasteiger partial charge on any atom is 0.0125 e. The zero-order valence-electron chi connectivity index (χ0n) is 9.80. The fourth-order valence-corrected chi connectivity index (χ4v) is 2.11. The second-order valence-corrected chi connectivity index (χ2v) is 5.53. The molecule has 0 bridgehead atoms. The first-order chi connectivity index (χ1) is 5.89. The normalized spacial score (nSPS) is 25.8. The lowest BCUT2D eigenvalue weighted by atomic mass is 10.1. The molecule has 0 aliphatic carbocycles. The highest BCUT2D eigenvalue weighted by Gasteiger charge is 2.29. The van der Waals surface area contributed by atoms with Gasteiger partial charge in [0.2, 0.25) is 0 Å². The van der Waals surface area contributed by atoms with Gasteiger partial charge in [-0.3, -0.25) is 4.90 Å². The molecule has 0 amide bonds. The summed E-state index contributed by atoms with van der Waals surface area (Å²) in [5.74, 6) is 0.884. The molecule has 1 saturated heterocycles. The molecule has 1 heterocycles. The average molecular weight is 184 g/mol. The molecule has 2 nitrogen and oxygen atoms in total. The van der Waals surface area contributed by atoms with Crippen molar-refractivity contribution < 1.29 is 0 Å². The zero-order chi connectivity index (χ0) is 10.1. The van der Waals surface area contributed by atoms with Gasteiger partial charge in [-0.15, -0.1) is 0 Å². The molecule has 0 aromatic rings. The van der Waals surface area contributed by atoms with E-state index in [0.29, 0.717) is 5.54 Å². The number of nitrogens with zero attached hydrogens (tertiary/aromatic N) is 2. The molecule has 0 radical (unpaired) electrons. The number of rotatable bonds is 2. The molecule has 0 spiro atoms. The highest BCUT2D eigenvalue weighted by molar-refractivity contribution is 4.85. The van der Waals surface area contributed by atoms with Crippen LogP contribution < -0.4 is 0 Å². The predicted molar refractivity (Wildman–Crippen MR) is 58.0 cm³/mol. The van der Waals surface area contributed by atoms with Gasteiger partial charge in [0.15, 0.2) is 0 Å². The summed E-state index contributed by atoms with van der Waals surface area (Å²) in [6.07, 6.45) is 1.37. The quantitative estimate of drug-likeness (QED) is 0.644. The molecule has 2 heteroatoms. The van der Waals surface area contributed by atoms with Crippen molar-refractivity contribution in [1.29, 1.82) is 0 Å². The summed E-state index contributed by atoms with van der Waals surface area (Å²) in [5, 5.41) is 0. The largest absolute Gasteiger partial charge is 0.309 e. The van der Waals surface area contributed by atoms with Crippen LogP contribution in [-0.4, -0.2) is 49.1 Å². The van der Waals surface area contributed by atoms with Crippen LogP contribution in [0.4, 0.5) is 0 Å². The Balaban J connectivity index is 2.36. The van der Waals surface area contributed by atoms with E-state index in [2.05, 4.69) is 44.7 Å². The second kappa shape index (κ2) is 3.97. The van der Waals surface area contributed by atoms with Gasteiger partial charge in [0.05, 0.1) is 0 Å². The number of hydrogen-bond donors (Lipinski definition) is 0. The Morgan fingerprint density at radius 1 is 1.31 bits per heavy atom. The Morgan fingerprint density at radius 2 is 1.92 bits per heavy atom. The van der Waals surface area contributed by atoms with E-state index in [1.807, 2.05) is 0 Å². The van der Waals surface area contributed by atoms with Gasteiger partial charge < -0.3 is 4.90 Å². The van der Waals surface area contributed by atoms with E-state index in [1.54, 1.807) is 0 Å². The standard InChI is InChI=1S/C11H24N2/c1-11(2,3)13-7-6-10(9-13)8-12(4)5/h10H,6-9H2,1-5H3/t10-/m0/s1. The van der Waals surface area contributed by atoms with Crippen LogP contribution in [-0.2, 0) is 0 Å². The lowest BCUT2D eigenvalue weighted by molar-refractivity contribution is 0.164. The third kappa shape index (κ3) is 3.28. The van der Waals surface area contributed by atoms with E-state index in [4.69, 9.17) is 0 Å². The van der Waals surface area contributed by atoms with Gasteiger partial charge in [0.1, 0.15) is 0 Å². The van der Waals surface area contributed by atoms with Crippen molar-refractivity contribution in [3.05, 3.63) is 0 Å². The fraction of sp³-hybridized carbons (Fsp3) is 1.00. The van der Waals surface area contributed by atoms with Crippen molar-refractivity contribution in [1.82, 2.24) is 9.80 Å². The summed E-state index contributed by atoms with van der Waals surface area (Å²) < 4.78 is 0. The molecule has 1 aliphatic heterocycles. The summed E-state index contributed by atoms with van der Waals surface area (Å²) in [7, 11) is 4.33. The Hall–Kier alpha value is -0.0800. The fourth-order valence-electron chi connectivity index (χ4n) is 2.11. The molecule has 0 saturated carbocycles. The molecule has 13 heavy (non-hydrogen) atoms. The Labute approximate surface area is 82.9 Å². The Kier molecular flexibility index (Phi) is 3.36. The van der Waals surface area contributed by atoms with Gasteiger partial charge >= 0.3 is 0 Å². The second-order valence-electron chi connectivity index (χ2n) is 5.53. The van der Waals surface area contributed by atoms with Gasteiger partial charge in [0.25, 0.3) is 0 Å². The maximum absolute atomic E-state index is 2.60. The van der Waals surface area contributed by atoms with Gasteiger partial charge in [-0.1, -0.05) is 0 Å². The highest BCUT2D eigenvalue weighted by Crippen LogP contribution is 2.24. The molecule has 1 fully saturated rings. The van der Waals surface area contributed by atoms with Crippen LogP contribution in [0, 0.1) is 5.92 Å². The van der Waals surface area contributed by atoms with Crippen molar-refractivity contribution in [2.24, 2.45) is 5.92 Å². The van der Waals surface area contributed by atoms with Crippen molar-refractivity contribution >= 4 is 0 Å². The van der Waals surface area contributed by atoms with Crippen LogP contribution in [0.2, 0.25) is 0 Å². The van der Waals surface area contributed by atoms with Gasteiger partial charge in [-0.05, 0) is 53.8 Å². The topological polar surface area (TPSA) is 6.48 Å². The summed E-state index contributed by atoms with van der Waals surface area (Å²) in [5.41, 5.74) is 0.362. The van der Waals surface area contributed by atoms with Crippen molar-refractivity contribution in [2.75, 3.05) is 33.7 Å². The van der Waals surface area contributed by atoms with Crippen LogP contribution in [0.25, 0.3) is 0 Å². The summed E-state index contributed by atoms with van der Waals surface area (Å²) in [6.45, 7) is 10.7. The van der Waals surface area contributed by atoms with Crippen LogP contribution in [0.1, 0.15) is 27.2 Å². The van der Waals surface area contributed by atoms with Crippen molar-refractivity contribution in [3.63, 3.8) is 0 Å². The third-order valence-corrected chi connectivity index (χ3v) is 2.86. The van der Waals surface area contributed by atoms with E-state index in [9.17, 15) is 0 Å². The average Bonchev–Trinajstić information content (AvgIpc) is 2.32. The van der Waals surface area contributed by atoms with Crippen molar-refractivity contribution in [2.45, 2.75) is 32.7 Å². The van der Waals surface area contributed by atoms with E-state index < -0.39 is 0 Å². The Morgan fingerprint density at radius 3 is 2.31 bits per heavy atom. The molecule has 0 unspecified atom stereocenters. The SMILES string of the molecule is CN(C)C[C@@H]1CCN(C(C)(C)C)C1. The zero-order valence-corrected chi connectivity index (χ0v) is 9.80. The molecule has 1 atom stereocenters. The minimum atomic E-state index is 0.362. The summed E-state index contributed by atoms with van der Waals surface area (Å²) >= 11 is 0. The van der Waals surface area contributed by atoms with Crippen molar-refractivity contribution in [3.8, 4) is 0 Å². The first-order valence-electron chi connectivity index (χ1n) is 5.29. The van der Waals surface area contributed by atoms with Crippen LogP contribution in [0.15, 0.2) is 0 Å². The first-order valence-corrected chi connectivity index (χ1v) is 5.29. The minimum Gasteiger partial charge on any atom is -0.309 e. The van der Waals surface area contributed by atoms with E-state index in [-0.39, 0.29) is 0 Å². The molecule has 78 valence electrons. The number of likely N-dealkylation sites (tertiary alicyclic amines) is 1. The monoisotopic (exact) mass is 184 g/mol. The van der Waals surface area contributed by atoms with E-state index >= 15 is 0 Å². The molecule has 0 N–H and O–H groups in total. The summed E-state index contributed by atoms with van der Waals surface area (Å²) in [6, 6.07) is 0. The third-order valence-electron chi connectivity index (χ3n) is 2.86. The maximum atomic E-state index is 2.60. The highest BCUT2D eigenvalue weighted by atomic mass is 15.2. The predicted octanol–water partition coefficient (Wildman–Crippen LogP) is 1.67. The van der Waals surface area contributed by atoms with Crippen LogP contribution >= 0.6 is 0 Å². The molecule has 1 rings (SSSR count). The van der Waals surface area contributed by atoms with Gasteiger partial charge in [-0.25, -0.2) is 0 Å². The Bertz CT molecular complexity index is 158. The van der Waals surface area contributed by atoms with Crippen LogP contribution in [0.3, 0.4) is 0 Å². The van der Waals surface area contributed by atoms with Gasteiger partial charge in [0, 0.05) is 18.6 Å². The van der Waals surface area contributed by atoms with Crippen LogP contribution in [0.5, 0.6) is 0 Å². The minimum absolute atomic E-state index is 0.362. The lowest BCUT2D eigenvalue weighted by Crippen LogP contribution is -2.40. The smallest absolute Gasteiger partial charge is 0.0125 e. The molecular formula is C11H24N2. The molecular weight excluding hydrogens is 160 g/mol. The van der Waals surface area contributed by atoms with E-state index in [0.717, 1.165) is 5.92 Å². The van der Waals surface area contributed by atoms with E-state index in [1.165, 1.54) is 26.1 Å². The molecule has 0 aromatic carbocycles. The van der Waals surface area contributed by atoms with Gasteiger partial charge in [-0.2, -0.15) is 0 Å². The molecule has 1 aliphatic rings. The number of hydrogen-bond acceptors (Lipinski definition) is 2. The summed E-state index contributed by atoms with van der Waals surface area (Å²) in [4.78, 5) is 4.90.